The van der Waals surface area contributed by atoms with Crippen LogP contribution in [-0.2, 0) is 4.74 Å². The van der Waals surface area contributed by atoms with Gasteiger partial charge in [-0.1, -0.05) is 43.4 Å². The second-order valence-electron chi connectivity index (χ2n) is 4.69. The van der Waals surface area contributed by atoms with Crippen LogP contribution in [0.25, 0.3) is 0 Å². The lowest BCUT2D eigenvalue weighted by atomic mass is 10.2. The Labute approximate surface area is 130 Å². The van der Waals surface area contributed by atoms with E-state index in [0.717, 1.165) is 24.0 Å². The van der Waals surface area contributed by atoms with Crippen LogP contribution in [0.2, 0.25) is 0 Å². The molecule has 0 saturated carbocycles. The zero-order valence-corrected chi connectivity index (χ0v) is 12.5. The van der Waals surface area contributed by atoms with Gasteiger partial charge in [0.05, 0.1) is 6.61 Å². The minimum absolute atomic E-state index is 0.385. The van der Waals surface area contributed by atoms with Crippen molar-refractivity contribution in [2.24, 2.45) is 0 Å². The average Bonchev–Trinajstić information content (AvgIpc) is 2.55. The smallest absolute Gasteiger partial charge is 0.434 e. The van der Waals surface area contributed by atoms with E-state index >= 15 is 0 Å². The third kappa shape index (κ3) is 5.34. The molecule has 0 radical (unpaired) electrons. The molecule has 0 fully saturated rings. The molecule has 0 amide bonds. The third-order valence-electron chi connectivity index (χ3n) is 2.90. The van der Waals surface area contributed by atoms with Crippen LogP contribution in [-0.4, -0.2) is 12.8 Å². The van der Waals surface area contributed by atoms with E-state index in [4.69, 9.17) is 9.47 Å². The highest BCUT2D eigenvalue weighted by atomic mass is 16.7. The maximum Gasteiger partial charge on any atom is 0.513 e. The molecule has 0 unspecified atom stereocenters. The van der Waals surface area contributed by atoms with E-state index in [1.54, 1.807) is 12.1 Å². The van der Waals surface area contributed by atoms with Crippen LogP contribution >= 0.6 is 0 Å². The molecule has 2 aromatic carbocycles. The van der Waals surface area contributed by atoms with Gasteiger partial charge in [0, 0.05) is 11.1 Å². The first-order chi connectivity index (χ1) is 10.8. The molecule has 0 atom stereocenters. The van der Waals surface area contributed by atoms with E-state index in [1.165, 1.54) is 0 Å². The molecular weight excluding hydrogens is 276 g/mol. The van der Waals surface area contributed by atoms with Crippen molar-refractivity contribution in [1.82, 2.24) is 0 Å². The Morgan fingerprint density at radius 2 is 1.59 bits per heavy atom. The van der Waals surface area contributed by atoms with Crippen molar-refractivity contribution in [1.29, 1.82) is 0 Å². The molecule has 0 N–H and O–H groups in total. The quantitative estimate of drug-likeness (QED) is 0.363. The van der Waals surface area contributed by atoms with Gasteiger partial charge in [-0.25, -0.2) is 4.79 Å². The normalized spacial score (nSPS) is 9.50. The van der Waals surface area contributed by atoms with Gasteiger partial charge >= 0.3 is 6.16 Å². The summed E-state index contributed by atoms with van der Waals surface area (Å²) in [6.45, 7) is 2.42. The van der Waals surface area contributed by atoms with Crippen LogP contribution in [0.1, 0.15) is 30.9 Å². The Kier molecular flexibility index (Phi) is 6.07. The molecule has 0 aliphatic carbocycles. The molecule has 0 saturated heterocycles. The molecule has 22 heavy (non-hydrogen) atoms. The van der Waals surface area contributed by atoms with Gasteiger partial charge in [-0.3, -0.25) is 0 Å². The number of unbranched alkanes of at least 4 members (excludes halogenated alkanes) is 1. The summed E-state index contributed by atoms with van der Waals surface area (Å²) in [5, 5.41) is 0. The first-order valence-corrected chi connectivity index (χ1v) is 7.29. The second kappa shape index (κ2) is 8.53. The number of hydrogen-bond acceptors (Lipinski definition) is 3. The van der Waals surface area contributed by atoms with Crippen LogP contribution in [0.5, 0.6) is 5.75 Å². The van der Waals surface area contributed by atoms with Gasteiger partial charge < -0.3 is 9.47 Å². The Morgan fingerprint density at radius 1 is 0.955 bits per heavy atom. The predicted molar refractivity (Wildman–Crippen MR) is 85.7 cm³/mol. The molecule has 0 bridgehead atoms. The lowest BCUT2D eigenvalue weighted by Crippen LogP contribution is -2.11. The highest BCUT2D eigenvalue weighted by Crippen LogP contribution is 2.12. The fraction of sp³-hybridized carbons (Fsp3) is 0.211. The highest BCUT2D eigenvalue weighted by Gasteiger charge is 2.04. The molecule has 0 spiro atoms. The number of carbonyl (C=O) groups excluding carboxylic acids is 1. The Bertz CT molecular complexity index is 649. The van der Waals surface area contributed by atoms with Gasteiger partial charge in [0.2, 0.25) is 0 Å². The van der Waals surface area contributed by atoms with Crippen LogP contribution in [0.3, 0.4) is 0 Å². The number of rotatable bonds is 4. The standard InChI is InChI=1S/C19H18O3/c1-2-3-15-21-19(20)22-18-13-11-17(12-14-18)10-9-16-7-5-4-6-8-16/h4-8,11-14H,2-3,15H2,1H3. The van der Waals surface area contributed by atoms with Crippen LogP contribution in [0.15, 0.2) is 54.6 Å². The number of benzene rings is 2. The van der Waals surface area contributed by atoms with E-state index in [2.05, 4.69) is 11.8 Å². The molecule has 0 aliphatic heterocycles. The van der Waals surface area contributed by atoms with Crippen LogP contribution in [0, 0.1) is 11.8 Å². The molecule has 0 heterocycles. The first-order valence-electron chi connectivity index (χ1n) is 7.29. The number of hydrogen-bond donors (Lipinski definition) is 0. The zero-order valence-electron chi connectivity index (χ0n) is 12.5. The molecule has 0 aromatic heterocycles. The average molecular weight is 294 g/mol. The van der Waals surface area contributed by atoms with Gasteiger partial charge in [-0.2, -0.15) is 0 Å². The first kappa shape index (κ1) is 15.7. The second-order valence-corrected chi connectivity index (χ2v) is 4.69. The van der Waals surface area contributed by atoms with Crippen molar-refractivity contribution < 1.29 is 14.3 Å². The fourth-order valence-corrected chi connectivity index (χ4v) is 1.70. The molecular formula is C19H18O3. The van der Waals surface area contributed by atoms with E-state index in [-0.39, 0.29) is 0 Å². The van der Waals surface area contributed by atoms with Crippen molar-refractivity contribution >= 4 is 6.16 Å². The predicted octanol–water partition coefficient (Wildman–Crippen LogP) is 4.40. The van der Waals surface area contributed by atoms with Crippen LogP contribution in [0.4, 0.5) is 4.79 Å². The molecule has 0 aliphatic rings. The van der Waals surface area contributed by atoms with Crippen molar-refractivity contribution in [3.63, 3.8) is 0 Å². The number of carbonyl (C=O) groups is 1. The molecule has 2 aromatic rings. The van der Waals surface area contributed by atoms with Crippen LogP contribution < -0.4 is 4.74 Å². The lowest BCUT2D eigenvalue weighted by molar-refractivity contribution is 0.0978. The van der Waals surface area contributed by atoms with Gasteiger partial charge in [0.15, 0.2) is 0 Å². The van der Waals surface area contributed by atoms with Gasteiger partial charge in [0.1, 0.15) is 5.75 Å². The van der Waals surface area contributed by atoms with Crippen molar-refractivity contribution in [2.45, 2.75) is 19.8 Å². The van der Waals surface area contributed by atoms with E-state index < -0.39 is 6.16 Å². The van der Waals surface area contributed by atoms with E-state index in [1.807, 2.05) is 49.4 Å². The minimum Gasteiger partial charge on any atom is -0.434 e. The monoisotopic (exact) mass is 294 g/mol. The van der Waals surface area contributed by atoms with E-state index in [9.17, 15) is 4.79 Å². The maximum absolute atomic E-state index is 11.4. The van der Waals surface area contributed by atoms with E-state index in [0.29, 0.717) is 12.4 Å². The highest BCUT2D eigenvalue weighted by molar-refractivity contribution is 5.63. The van der Waals surface area contributed by atoms with Gasteiger partial charge in [0.25, 0.3) is 0 Å². The molecule has 3 nitrogen and oxygen atoms in total. The zero-order chi connectivity index (χ0) is 15.6. The maximum atomic E-state index is 11.4. The topological polar surface area (TPSA) is 35.5 Å². The summed E-state index contributed by atoms with van der Waals surface area (Å²) in [5.74, 6) is 6.59. The van der Waals surface area contributed by atoms with Crippen molar-refractivity contribution in [3.8, 4) is 17.6 Å². The summed E-state index contributed by atoms with van der Waals surface area (Å²) in [5.41, 5.74) is 1.82. The molecule has 2 rings (SSSR count). The van der Waals surface area contributed by atoms with Gasteiger partial charge in [-0.15, -0.1) is 0 Å². The van der Waals surface area contributed by atoms with Crippen molar-refractivity contribution in [2.75, 3.05) is 6.61 Å². The Balaban J connectivity index is 1.91. The minimum atomic E-state index is -0.670. The Morgan fingerprint density at radius 3 is 2.23 bits per heavy atom. The molecule has 3 heteroatoms. The Hall–Kier alpha value is -2.73. The summed E-state index contributed by atoms with van der Waals surface area (Å²) in [4.78, 5) is 11.4. The summed E-state index contributed by atoms with van der Waals surface area (Å²) in [6.07, 6.45) is 1.14. The molecule has 112 valence electrons. The largest absolute Gasteiger partial charge is 0.513 e. The summed E-state index contributed by atoms with van der Waals surface area (Å²) >= 11 is 0. The fourth-order valence-electron chi connectivity index (χ4n) is 1.70. The third-order valence-corrected chi connectivity index (χ3v) is 2.90. The number of ether oxygens (including phenoxy) is 2. The lowest BCUT2D eigenvalue weighted by Gasteiger charge is -2.05. The summed E-state index contributed by atoms with van der Waals surface area (Å²) < 4.78 is 10.0. The SMILES string of the molecule is CCCCOC(=O)Oc1ccc(C#Cc2ccccc2)cc1. The summed E-state index contributed by atoms with van der Waals surface area (Å²) in [7, 11) is 0. The van der Waals surface area contributed by atoms with Gasteiger partial charge in [-0.05, 0) is 42.8 Å². The van der Waals surface area contributed by atoms with Crippen molar-refractivity contribution in [3.05, 3.63) is 65.7 Å². The summed E-state index contributed by atoms with van der Waals surface area (Å²) in [6, 6.07) is 16.8.